The van der Waals surface area contributed by atoms with Crippen molar-refractivity contribution in [1.82, 2.24) is 4.31 Å². The molecule has 1 fully saturated rings. The summed E-state index contributed by atoms with van der Waals surface area (Å²) < 4.78 is 57.1. The van der Waals surface area contributed by atoms with E-state index >= 15 is 0 Å². The van der Waals surface area contributed by atoms with Crippen LogP contribution in [0.2, 0.25) is 0 Å². The molecule has 1 aliphatic rings. The van der Waals surface area contributed by atoms with Gasteiger partial charge < -0.3 is 10.1 Å². The molecule has 0 unspecified atom stereocenters. The lowest BCUT2D eigenvalue weighted by Crippen LogP contribution is -2.43. The van der Waals surface area contributed by atoms with E-state index < -0.39 is 25.9 Å². The maximum absolute atomic E-state index is 13.4. The van der Waals surface area contributed by atoms with Gasteiger partial charge in [-0.05, 0) is 30.5 Å². The van der Waals surface area contributed by atoms with E-state index in [0.717, 1.165) is 0 Å². The lowest BCUT2D eigenvalue weighted by molar-refractivity contribution is -0.114. The fourth-order valence-corrected chi connectivity index (χ4v) is 6.92. The average molecular weight is 419 g/mol. The maximum Gasteiger partial charge on any atom is 0.247 e. The number of sulfone groups is 1. The van der Waals surface area contributed by atoms with Gasteiger partial charge in [0.2, 0.25) is 15.9 Å². The number of methoxy groups -OCH3 is 1. The first-order valence-electron chi connectivity index (χ1n) is 8.64. The Morgan fingerprint density at radius 3 is 2.52 bits per heavy atom. The van der Waals surface area contributed by atoms with Crippen LogP contribution in [0.5, 0.6) is 5.75 Å². The minimum absolute atomic E-state index is 0.00704. The molecule has 27 heavy (non-hydrogen) atoms. The summed E-state index contributed by atoms with van der Waals surface area (Å²) in [6.45, 7) is 5.26. The molecule has 2 rings (SSSR count). The van der Waals surface area contributed by atoms with E-state index in [4.69, 9.17) is 4.74 Å². The van der Waals surface area contributed by atoms with Crippen LogP contribution < -0.4 is 10.1 Å². The number of anilines is 1. The van der Waals surface area contributed by atoms with Gasteiger partial charge in [-0.2, -0.15) is 4.31 Å². The molecule has 1 aromatic rings. The number of amides is 1. The molecule has 0 aliphatic carbocycles. The first kappa shape index (κ1) is 21.6. The zero-order chi connectivity index (χ0) is 20.4. The number of hydrogen-bond acceptors (Lipinski definition) is 6. The molecular formula is C17H26N2O6S2. The summed E-state index contributed by atoms with van der Waals surface area (Å²) in [6, 6.07) is 3.74. The molecule has 1 heterocycles. The molecule has 10 heteroatoms. The van der Waals surface area contributed by atoms with Gasteiger partial charge in [0.15, 0.2) is 9.84 Å². The van der Waals surface area contributed by atoms with E-state index in [1.807, 2.05) is 13.8 Å². The monoisotopic (exact) mass is 418 g/mol. The van der Waals surface area contributed by atoms with Crippen molar-refractivity contribution in [3.63, 3.8) is 0 Å². The van der Waals surface area contributed by atoms with E-state index in [0.29, 0.717) is 5.69 Å². The van der Waals surface area contributed by atoms with Crippen LogP contribution in [0.3, 0.4) is 0 Å². The van der Waals surface area contributed by atoms with E-state index in [9.17, 15) is 21.6 Å². The molecule has 1 aliphatic heterocycles. The molecule has 152 valence electrons. The van der Waals surface area contributed by atoms with Crippen LogP contribution in [-0.4, -0.2) is 58.3 Å². The highest BCUT2D eigenvalue weighted by Gasteiger charge is 2.40. The van der Waals surface area contributed by atoms with Crippen LogP contribution in [0.15, 0.2) is 23.1 Å². The molecule has 1 aromatic carbocycles. The Balaban J connectivity index is 2.52. The number of rotatable bonds is 7. The second kappa shape index (κ2) is 8.15. The van der Waals surface area contributed by atoms with Gasteiger partial charge in [-0.3, -0.25) is 4.79 Å². The third kappa shape index (κ3) is 5.20. The Morgan fingerprint density at radius 2 is 2.04 bits per heavy atom. The predicted molar refractivity (Wildman–Crippen MR) is 103 cm³/mol. The molecule has 0 bridgehead atoms. The summed E-state index contributed by atoms with van der Waals surface area (Å²) in [7, 11) is -5.93. The SMILES string of the molecule is COc1ccc(NC(C)=O)cc1S(=O)(=O)N(CC(C)C)[C@@H]1CCS(=O)(=O)C1. The van der Waals surface area contributed by atoms with Crippen molar-refractivity contribution >= 4 is 31.5 Å². The molecule has 1 N–H and O–H groups in total. The normalized spacial score (nSPS) is 19.4. The van der Waals surface area contributed by atoms with Crippen molar-refractivity contribution in [2.24, 2.45) is 5.92 Å². The number of sulfonamides is 1. The Morgan fingerprint density at radius 1 is 1.37 bits per heavy atom. The van der Waals surface area contributed by atoms with E-state index in [1.165, 1.54) is 30.5 Å². The Labute approximate surface area is 160 Å². The van der Waals surface area contributed by atoms with E-state index in [2.05, 4.69) is 5.32 Å². The molecule has 0 saturated carbocycles. The highest BCUT2D eigenvalue weighted by molar-refractivity contribution is 7.92. The van der Waals surface area contributed by atoms with Gasteiger partial charge in [0.25, 0.3) is 0 Å². The van der Waals surface area contributed by atoms with Crippen LogP contribution in [0.1, 0.15) is 27.2 Å². The van der Waals surface area contributed by atoms with Crippen molar-refractivity contribution in [3.05, 3.63) is 18.2 Å². The largest absolute Gasteiger partial charge is 0.495 e. The second-order valence-electron chi connectivity index (χ2n) is 7.07. The summed E-state index contributed by atoms with van der Waals surface area (Å²) in [5, 5.41) is 2.56. The third-order valence-electron chi connectivity index (χ3n) is 4.23. The van der Waals surface area contributed by atoms with Gasteiger partial charge >= 0.3 is 0 Å². The van der Waals surface area contributed by atoms with Gasteiger partial charge in [-0.1, -0.05) is 13.8 Å². The summed E-state index contributed by atoms with van der Waals surface area (Å²) >= 11 is 0. The molecule has 0 spiro atoms. The zero-order valence-electron chi connectivity index (χ0n) is 15.9. The van der Waals surface area contributed by atoms with Gasteiger partial charge in [-0.25, -0.2) is 16.8 Å². The lowest BCUT2D eigenvalue weighted by atomic mass is 10.2. The number of ether oxygens (including phenoxy) is 1. The van der Waals surface area contributed by atoms with Crippen molar-refractivity contribution in [3.8, 4) is 5.75 Å². The smallest absolute Gasteiger partial charge is 0.247 e. The highest BCUT2D eigenvalue weighted by atomic mass is 32.2. The molecule has 0 aromatic heterocycles. The van der Waals surface area contributed by atoms with Crippen LogP contribution >= 0.6 is 0 Å². The number of nitrogens with zero attached hydrogens (tertiary/aromatic N) is 1. The number of hydrogen-bond donors (Lipinski definition) is 1. The quantitative estimate of drug-likeness (QED) is 0.718. The van der Waals surface area contributed by atoms with Crippen molar-refractivity contribution in [2.75, 3.05) is 30.5 Å². The predicted octanol–water partition coefficient (Wildman–Crippen LogP) is 1.49. The Hall–Kier alpha value is -1.65. The number of benzene rings is 1. The molecule has 1 atom stereocenters. The summed E-state index contributed by atoms with van der Waals surface area (Å²) in [5.41, 5.74) is 0.324. The molecule has 8 nitrogen and oxygen atoms in total. The minimum atomic E-state index is -4.04. The molecule has 0 radical (unpaired) electrons. The minimum Gasteiger partial charge on any atom is -0.495 e. The molecule has 1 amide bonds. The van der Waals surface area contributed by atoms with Crippen LogP contribution in [0, 0.1) is 5.92 Å². The van der Waals surface area contributed by atoms with Crippen molar-refractivity contribution in [2.45, 2.75) is 38.1 Å². The topological polar surface area (TPSA) is 110 Å². The fourth-order valence-electron chi connectivity index (χ4n) is 3.09. The average Bonchev–Trinajstić information content (AvgIpc) is 2.91. The van der Waals surface area contributed by atoms with E-state index in [1.54, 1.807) is 6.07 Å². The van der Waals surface area contributed by atoms with Crippen LogP contribution in [-0.2, 0) is 24.7 Å². The fraction of sp³-hybridized carbons (Fsp3) is 0.588. The first-order chi connectivity index (χ1) is 12.5. The lowest BCUT2D eigenvalue weighted by Gasteiger charge is -2.29. The van der Waals surface area contributed by atoms with Gasteiger partial charge in [0.1, 0.15) is 10.6 Å². The Kier molecular flexibility index (Phi) is 6.54. The van der Waals surface area contributed by atoms with Crippen molar-refractivity contribution < 1.29 is 26.4 Å². The Bertz CT molecular complexity index is 909. The van der Waals surface area contributed by atoms with Crippen LogP contribution in [0.25, 0.3) is 0 Å². The van der Waals surface area contributed by atoms with Gasteiger partial charge in [0.05, 0.1) is 18.6 Å². The third-order valence-corrected chi connectivity index (χ3v) is 7.92. The number of carbonyl (C=O) groups excluding carboxylic acids is 1. The second-order valence-corrected chi connectivity index (χ2v) is 11.2. The summed E-state index contributed by atoms with van der Waals surface area (Å²) in [6.07, 6.45) is 0.266. The zero-order valence-corrected chi connectivity index (χ0v) is 17.6. The standard InChI is InChI=1S/C17H26N2O6S2/c1-12(2)10-19(15-7-8-26(21,22)11-15)27(23,24)17-9-14(18-13(3)20)5-6-16(17)25-4/h5-6,9,12,15H,7-8,10-11H2,1-4H3,(H,18,20)/t15-/m1/s1. The summed E-state index contributed by atoms with van der Waals surface area (Å²) in [4.78, 5) is 11.2. The maximum atomic E-state index is 13.4. The van der Waals surface area contributed by atoms with Gasteiger partial charge in [0, 0.05) is 25.2 Å². The van der Waals surface area contributed by atoms with Crippen LogP contribution in [0.4, 0.5) is 5.69 Å². The summed E-state index contributed by atoms with van der Waals surface area (Å²) in [5.74, 6) is -0.395. The first-order valence-corrected chi connectivity index (χ1v) is 11.9. The number of nitrogens with one attached hydrogen (secondary N) is 1. The molecule has 1 saturated heterocycles. The molecular weight excluding hydrogens is 392 g/mol. The van der Waals surface area contributed by atoms with Crippen molar-refractivity contribution in [1.29, 1.82) is 0 Å². The highest BCUT2D eigenvalue weighted by Crippen LogP contribution is 2.33. The van der Waals surface area contributed by atoms with E-state index in [-0.39, 0.29) is 46.9 Å². The van der Waals surface area contributed by atoms with Gasteiger partial charge in [-0.15, -0.1) is 0 Å². The number of carbonyl (C=O) groups is 1.